The number of nitrogens with two attached hydrogens (primary N) is 1. The number of hydrogen-bond acceptors (Lipinski definition) is 6. The third kappa shape index (κ3) is 3.32. The Morgan fingerprint density at radius 3 is 2.56 bits per heavy atom. The maximum Gasteiger partial charge on any atom is 0.226 e. The lowest BCUT2D eigenvalue weighted by atomic mass is 9.96. The molecule has 1 aromatic rings. The van der Waals surface area contributed by atoms with Crippen LogP contribution >= 0.6 is 0 Å². The van der Waals surface area contributed by atoms with Crippen LogP contribution in [0, 0.1) is 0 Å². The molecule has 7 heteroatoms. The minimum atomic E-state index is -3.36. The summed E-state index contributed by atoms with van der Waals surface area (Å²) in [4.78, 5) is 8.04. The van der Waals surface area contributed by atoms with Crippen molar-refractivity contribution in [3.63, 3.8) is 0 Å². The molecule has 6 nitrogen and oxygen atoms in total. The van der Waals surface area contributed by atoms with Crippen molar-refractivity contribution in [2.45, 2.75) is 43.2 Å². The minimum Gasteiger partial charge on any atom is -0.383 e. The molecule has 0 aliphatic heterocycles. The Kier molecular flexibility index (Phi) is 3.70. The van der Waals surface area contributed by atoms with E-state index in [1.165, 1.54) is 25.3 Å². The topological polar surface area (TPSA) is 98.0 Å². The van der Waals surface area contributed by atoms with Gasteiger partial charge in [0.05, 0.1) is 0 Å². The fourth-order valence-corrected chi connectivity index (χ4v) is 2.71. The smallest absolute Gasteiger partial charge is 0.226 e. The van der Waals surface area contributed by atoms with Gasteiger partial charge in [-0.25, -0.2) is 13.4 Å². The number of rotatable bonds is 3. The first-order valence-corrected chi connectivity index (χ1v) is 7.95. The highest BCUT2D eigenvalue weighted by Gasteiger charge is 2.17. The van der Waals surface area contributed by atoms with Crippen LogP contribution in [0.5, 0.6) is 0 Å². The zero-order valence-corrected chi connectivity index (χ0v) is 11.2. The first-order chi connectivity index (χ1) is 8.45. The first kappa shape index (κ1) is 13.1. The Bertz CT molecular complexity index is 524. The summed E-state index contributed by atoms with van der Waals surface area (Å²) in [6.45, 7) is 0. The molecule has 100 valence electrons. The summed E-state index contributed by atoms with van der Waals surface area (Å²) in [6, 6.07) is 1.59. The molecule has 0 aromatic carbocycles. The van der Waals surface area contributed by atoms with Crippen molar-refractivity contribution in [2.75, 3.05) is 17.3 Å². The maximum atomic E-state index is 11.5. The second kappa shape index (κ2) is 5.09. The Balaban J connectivity index is 2.20. The average molecular weight is 270 g/mol. The molecule has 0 unspecified atom stereocenters. The van der Waals surface area contributed by atoms with E-state index in [0.29, 0.717) is 12.0 Å². The largest absolute Gasteiger partial charge is 0.383 e. The Morgan fingerprint density at radius 1 is 1.28 bits per heavy atom. The molecule has 2 rings (SSSR count). The van der Waals surface area contributed by atoms with Gasteiger partial charge in [-0.3, -0.25) is 0 Å². The standard InChI is InChI=1S/C11H18N4O2S/c1-18(16,17)10-7-9(12)14-11(15-10)13-8-5-3-2-4-6-8/h7-8H,2-6H2,1H3,(H3,12,13,14,15). The van der Waals surface area contributed by atoms with E-state index in [0.717, 1.165) is 19.1 Å². The molecule has 1 aliphatic rings. The third-order valence-electron chi connectivity index (χ3n) is 3.04. The fourth-order valence-electron chi connectivity index (χ4n) is 2.13. The van der Waals surface area contributed by atoms with Crippen LogP contribution in [-0.2, 0) is 9.84 Å². The van der Waals surface area contributed by atoms with Gasteiger partial charge in [0.25, 0.3) is 0 Å². The number of sulfone groups is 1. The van der Waals surface area contributed by atoms with Crippen molar-refractivity contribution in [3.05, 3.63) is 6.07 Å². The van der Waals surface area contributed by atoms with Crippen LogP contribution in [0.15, 0.2) is 11.1 Å². The van der Waals surface area contributed by atoms with Crippen LogP contribution in [0.1, 0.15) is 32.1 Å². The van der Waals surface area contributed by atoms with Gasteiger partial charge in [-0.15, -0.1) is 0 Å². The predicted octanol–water partition coefficient (Wildman–Crippen LogP) is 1.21. The normalized spacial score (nSPS) is 17.6. The third-order valence-corrected chi connectivity index (χ3v) is 4.01. The van der Waals surface area contributed by atoms with Gasteiger partial charge in [0.15, 0.2) is 14.9 Å². The van der Waals surface area contributed by atoms with E-state index in [1.807, 2.05) is 0 Å². The highest BCUT2D eigenvalue weighted by molar-refractivity contribution is 7.90. The van der Waals surface area contributed by atoms with E-state index in [1.54, 1.807) is 0 Å². The summed E-state index contributed by atoms with van der Waals surface area (Å²) >= 11 is 0. The van der Waals surface area contributed by atoms with Crippen molar-refractivity contribution < 1.29 is 8.42 Å². The van der Waals surface area contributed by atoms with E-state index in [2.05, 4.69) is 15.3 Å². The van der Waals surface area contributed by atoms with Gasteiger partial charge in [0, 0.05) is 18.4 Å². The van der Waals surface area contributed by atoms with E-state index < -0.39 is 9.84 Å². The molecule has 0 saturated heterocycles. The van der Waals surface area contributed by atoms with Gasteiger partial charge < -0.3 is 11.1 Å². The zero-order chi connectivity index (χ0) is 13.2. The van der Waals surface area contributed by atoms with Crippen LogP contribution in [0.2, 0.25) is 0 Å². The van der Waals surface area contributed by atoms with Crippen LogP contribution < -0.4 is 11.1 Å². The molecular formula is C11H18N4O2S. The molecule has 0 atom stereocenters. The maximum absolute atomic E-state index is 11.5. The molecule has 0 spiro atoms. The molecule has 1 saturated carbocycles. The molecule has 0 amide bonds. The summed E-state index contributed by atoms with van der Waals surface area (Å²) < 4.78 is 22.9. The summed E-state index contributed by atoms with van der Waals surface area (Å²) in [6.07, 6.45) is 6.85. The van der Waals surface area contributed by atoms with Crippen LogP contribution in [0.4, 0.5) is 11.8 Å². The molecule has 1 aromatic heterocycles. The average Bonchev–Trinajstić information content (AvgIpc) is 2.28. The quantitative estimate of drug-likeness (QED) is 0.801. The van der Waals surface area contributed by atoms with Crippen molar-refractivity contribution in [2.24, 2.45) is 0 Å². The van der Waals surface area contributed by atoms with E-state index in [4.69, 9.17) is 5.73 Å². The number of hydrogen-bond donors (Lipinski definition) is 2. The molecular weight excluding hydrogens is 252 g/mol. The lowest BCUT2D eigenvalue weighted by molar-refractivity contribution is 0.460. The van der Waals surface area contributed by atoms with Crippen molar-refractivity contribution in [1.29, 1.82) is 0 Å². The Hall–Kier alpha value is -1.37. The van der Waals surface area contributed by atoms with Crippen LogP contribution in [0.3, 0.4) is 0 Å². The summed E-state index contributed by atoms with van der Waals surface area (Å²) in [7, 11) is -3.36. The zero-order valence-electron chi connectivity index (χ0n) is 10.4. The van der Waals surface area contributed by atoms with Crippen molar-refractivity contribution >= 4 is 21.6 Å². The number of nitrogen functional groups attached to an aromatic ring is 1. The van der Waals surface area contributed by atoms with E-state index >= 15 is 0 Å². The van der Waals surface area contributed by atoms with E-state index in [-0.39, 0.29) is 10.8 Å². The number of nitrogens with one attached hydrogen (secondary N) is 1. The predicted molar refractivity (Wildman–Crippen MR) is 70.0 cm³/mol. The molecule has 18 heavy (non-hydrogen) atoms. The van der Waals surface area contributed by atoms with Crippen LogP contribution in [-0.4, -0.2) is 30.7 Å². The summed E-state index contributed by atoms with van der Waals surface area (Å²) in [5.74, 6) is 0.478. The molecule has 1 aliphatic carbocycles. The highest BCUT2D eigenvalue weighted by Crippen LogP contribution is 2.21. The number of nitrogens with zero attached hydrogens (tertiary/aromatic N) is 2. The van der Waals surface area contributed by atoms with Crippen molar-refractivity contribution in [3.8, 4) is 0 Å². The molecule has 3 N–H and O–H groups in total. The van der Waals surface area contributed by atoms with Crippen LogP contribution in [0.25, 0.3) is 0 Å². The Labute approximate surface area is 107 Å². The summed E-state index contributed by atoms with van der Waals surface area (Å²) in [5.41, 5.74) is 5.61. The fraction of sp³-hybridized carbons (Fsp3) is 0.636. The Morgan fingerprint density at radius 2 is 1.94 bits per heavy atom. The van der Waals surface area contributed by atoms with Gasteiger partial charge in [-0.05, 0) is 12.8 Å². The first-order valence-electron chi connectivity index (χ1n) is 6.06. The van der Waals surface area contributed by atoms with Crippen molar-refractivity contribution in [1.82, 2.24) is 9.97 Å². The number of aromatic nitrogens is 2. The lowest BCUT2D eigenvalue weighted by Gasteiger charge is -2.22. The minimum absolute atomic E-state index is 0.0340. The van der Waals surface area contributed by atoms with E-state index in [9.17, 15) is 8.42 Å². The molecule has 0 bridgehead atoms. The second-order valence-electron chi connectivity index (χ2n) is 4.71. The van der Waals surface area contributed by atoms with Gasteiger partial charge in [-0.2, -0.15) is 4.98 Å². The lowest BCUT2D eigenvalue weighted by Crippen LogP contribution is -2.24. The van der Waals surface area contributed by atoms with Gasteiger partial charge in [0.1, 0.15) is 5.82 Å². The monoisotopic (exact) mass is 270 g/mol. The van der Waals surface area contributed by atoms with Gasteiger partial charge in [-0.1, -0.05) is 19.3 Å². The molecule has 1 heterocycles. The molecule has 0 radical (unpaired) electrons. The molecule has 1 fully saturated rings. The van der Waals surface area contributed by atoms with Gasteiger partial charge >= 0.3 is 0 Å². The number of anilines is 2. The SMILES string of the molecule is CS(=O)(=O)c1cc(N)nc(NC2CCCCC2)n1. The van der Waals surface area contributed by atoms with Gasteiger partial charge in [0.2, 0.25) is 5.95 Å². The highest BCUT2D eigenvalue weighted by atomic mass is 32.2. The summed E-state index contributed by atoms with van der Waals surface area (Å²) in [5, 5.41) is 3.13. The second-order valence-corrected chi connectivity index (χ2v) is 6.67.